The zero-order chi connectivity index (χ0) is 12.2. The van der Waals surface area contributed by atoms with Crippen LogP contribution in [-0.4, -0.2) is 21.3 Å². The Labute approximate surface area is 94.0 Å². The highest BCUT2D eigenvalue weighted by Gasteiger charge is 2.18. The summed E-state index contributed by atoms with van der Waals surface area (Å²) in [5.41, 5.74) is -1.20. The molecule has 0 atom stereocenters. The number of benzene rings is 1. The molecule has 1 aromatic carbocycles. The van der Waals surface area contributed by atoms with Crippen LogP contribution in [0, 0.1) is 0 Å². The molecule has 0 unspecified atom stereocenters. The first-order valence-corrected chi connectivity index (χ1v) is 4.84. The predicted octanol–water partition coefficient (Wildman–Crippen LogP) is -0.334. The molecule has 0 saturated carbocycles. The van der Waals surface area contributed by atoms with E-state index in [0.29, 0.717) is 17.0 Å². The number of hydrogen-bond donors (Lipinski definition) is 1. The molecule has 0 amide bonds. The van der Waals surface area contributed by atoms with Crippen molar-refractivity contribution < 1.29 is 14.7 Å². The van der Waals surface area contributed by atoms with Gasteiger partial charge in [0.05, 0.1) is 10.9 Å². The molecule has 0 spiro atoms. The smallest absolute Gasteiger partial charge is 0.364 e. The van der Waals surface area contributed by atoms with Gasteiger partial charge in [-0.2, -0.15) is 0 Å². The van der Waals surface area contributed by atoms with Crippen LogP contribution in [0.15, 0.2) is 21.7 Å². The van der Waals surface area contributed by atoms with Crippen molar-refractivity contribution in [1.82, 2.24) is 9.30 Å². The summed E-state index contributed by atoms with van der Waals surface area (Å²) in [5, 5.41) is 9.53. The molecule has 1 N–H and O–H groups in total. The Balaban J connectivity index is 2.56. The van der Waals surface area contributed by atoms with Crippen LogP contribution in [0.5, 0.6) is 11.5 Å². The maximum atomic E-state index is 11.7. The maximum absolute atomic E-state index is 11.7. The van der Waals surface area contributed by atoms with Gasteiger partial charge in [-0.1, -0.05) is 4.73 Å². The largest absolute Gasteiger partial charge is 0.454 e. The molecule has 7 heteroatoms. The molecule has 1 aliphatic heterocycles. The second-order valence-corrected chi connectivity index (χ2v) is 3.68. The minimum atomic E-state index is -0.804. The van der Waals surface area contributed by atoms with Gasteiger partial charge in [0, 0.05) is 13.1 Å². The second kappa shape index (κ2) is 3.03. The first-order chi connectivity index (χ1) is 8.09. The van der Waals surface area contributed by atoms with Gasteiger partial charge in [-0.05, 0) is 6.07 Å². The van der Waals surface area contributed by atoms with Crippen LogP contribution >= 0.6 is 0 Å². The number of hydrogen-bond acceptors (Lipinski definition) is 5. The van der Waals surface area contributed by atoms with Gasteiger partial charge in [0.15, 0.2) is 11.5 Å². The molecule has 0 radical (unpaired) electrons. The second-order valence-electron chi connectivity index (χ2n) is 3.68. The third-order valence-corrected chi connectivity index (χ3v) is 2.74. The molecule has 7 nitrogen and oxygen atoms in total. The molecule has 0 aliphatic carbocycles. The Morgan fingerprint density at radius 2 is 1.88 bits per heavy atom. The molecule has 0 saturated heterocycles. The molecule has 17 heavy (non-hydrogen) atoms. The topological polar surface area (TPSA) is 82.7 Å². The van der Waals surface area contributed by atoms with Crippen molar-refractivity contribution in [2.75, 3.05) is 6.79 Å². The average Bonchev–Trinajstić information content (AvgIpc) is 2.79. The fourth-order valence-corrected chi connectivity index (χ4v) is 1.83. The van der Waals surface area contributed by atoms with Gasteiger partial charge in [-0.25, -0.2) is 4.79 Å². The fraction of sp³-hybridized carbons (Fsp3) is 0.200. The molecule has 1 aliphatic rings. The highest BCUT2D eigenvalue weighted by molar-refractivity contribution is 5.82. The van der Waals surface area contributed by atoms with E-state index in [1.165, 1.54) is 17.7 Å². The summed E-state index contributed by atoms with van der Waals surface area (Å²) in [6.45, 7) is 0.0763. The zero-order valence-electron chi connectivity index (χ0n) is 8.84. The minimum absolute atomic E-state index is 0.0739. The van der Waals surface area contributed by atoms with E-state index >= 15 is 0 Å². The summed E-state index contributed by atoms with van der Waals surface area (Å²) in [7, 11) is 1.46. The van der Waals surface area contributed by atoms with Crippen LogP contribution in [0.25, 0.3) is 10.9 Å². The van der Waals surface area contributed by atoms with E-state index in [4.69, 9.17) is 9.47 Å². The van der Waals surface area contributed by atoms with Crippen molar-refractivity contribution in [3.63, 3.8) is 0 Å². The van der Waals surface area contributed by atoms with Crippen LogP contribution in [-0.2, 0) is 7.05 Å². The Kier molecular flexibility index (Phi) is 1.74. The summed E-state index contributed by atoms with van der Waals surface area (Å²) >= 11 is 0. The molecular formula is C10H8N2O5. The lowest BCUT2D eigenvalue weighted by molar-refractivity contribution is 0.158. The van der Waals surface area contributed by atoms with Crippen LogP contribution in [0.1, 0.15) is 0 Å². The normalized spacial score (nSPS) is 13.2. The van der Waals surface area contributed by atoms with E-state index in [-0.39, 0.29) is 16.9 Å². The van der Waals surface area contributed by atoms with Crippen LogP contribution in [0.4, 0.5) is 0 Å². The van der Waals surface area contributed by atoms with Crippen molar-refractivity contribution in [3.05, 3.63) is 33.0 Å². The van der Waals surface area contributed by atoms with Crippen molar-refractivity contribution in [3.8, 4) is 11.5 Å². The lowest BCUT2D eigenvalue weighted by Gasteiger charge is -2.06. The molecule has 1 aromatic heterocycles. The first-order valence-electron chi connectivity index (χ1n) is 4.84. The average molecular weight is 236 g/mol. The third-order valence-electron chi connectivity index (χ3n) is 2.74. The van der Waals surface area contributed by atoms with E-state index < -0.39 is 11.2 Å². The zero-order valence-corrected chi connectivity index (χ0v) is 8.84. The number of aryl methyl sites for hydroxylation is 1. The monoisotopic (exact) mass is 236 g/mol. The number of aromatic nitrogens is 2. The van der Waals surface area contributed by atoms with E-state index in [1.807, 2.05) is 0 Å². The summed E-state index contributed by atoms with van der Waals surface area (Å²) in [5.74, 6) is 0.899. The molecule has 2 heterocycles. The van der Waals surface area contributed by atoms with Crippen LogP contribution < -0.4 is 20.7 Å². The maximum Gasteiger partial charge on any atom is 0.364 e. The number of rotatable bonds is 0. The van der Waals surface area contributed by atoms with Crippen molar-refractivity contribution >= 4 is 10.9 Å². The van der Waals surface area contributed by atoms with Gasteiger partial charge in [0.25, 0.3) is 5.56 Å². The molecule has 3 rings (SSSR count). The SMILES string of the molecule is Cn1c(=O)n(O)c(=O)c2cc3c(cc21)OCO3. The number of nitrogens with zero attached hydrogens (tertiary/aromatic N) is 2. The predicted molar refractivity (Wildman–Crippen MR) is 56.8 cm³/mol. The van der Waals surface area contributed by atoms with Gasteiger partial charge in [-0.3, -0.25) is 9.36 Å². The molecule has 88 valence electrons. The Hall–Kier alpha value is -2.44. The first kappa shape index (κ1) is 9.76. The Bertz CT molecular complexity index is 743. The van der Waals surface area contributed by atoms with Gasteiger partial charge < -0.3 is 14.7 Å². The molecule has 0 fully saturated rings. The summed E-state index contributed by atoms with van der Waals surface area (Å²) in [6, 6.07) is 2.99. The van der Waals surface area contributed by atoms with Crippen LogP contribution in [0.3, 0.4) is 0 Å². The minimum Gasteiger partial charge on any atom is -0.454 e. The molecular weight excluding hydrogens is 228 g/mol. The summed E-state index contributed by atoms with van der Waals surface area (Å²) in [6.07, 6.45) is 0. The molecule has 0 bridgehead atoms. The Morgan fingerprint density at radius 1 is 1.24 bits per heavy atom. The Morgan fingerprint density at radius 3 is 2.59 bits per heavy atom. The van der Waals surface area contributed by atoms with Crippen molar-refractivity contribution in [2.45, 2.75) is 0 Å². The van der Waals surface area contributed by atoms with Gasteiger partial charge in [-0.15, -0.1) is 0 Å². The highest BCUT2D eigenvalue weighted by Crippen LogP contribution is 2.34. The van der Waals surface area contributed by atoms with Crippen molar-refractivity contribution in [1.29, 1.82) is 0 Å². The lowest BCUT2D eigenvalue weighted by Crippen LogP contribution is -2.37. The summed E-state index contributed by atoms with van der Waals surface area (Å²) < 4.78 is 11.5. The van der Waals surface area contributed by atoms with Gasteiger partial charge in [0.1, 0.15) is 0 Å². The van der Waals surface area contributed by atoms with E-state index in [2.05, 4.69) is 0 Å². The van der Waals surface area contributed by atoms with Gasteiger partial charge in [0.2, 0.25) is 6.79 Å². The number of fused-ring (bicyclic) bond motifs is 2. The van der Waals surface area contributed by atoms with E-state index in [0.717, 1.165) is 0 Å². The standard InChI is InChI=1S/C10H8N2O5/c1-11-6-3-8-7(16-4-17-8)2-5(6)9(13)12(15)10(11)14/h2-3,15H,4H2,1H3. The van der Waals surface area contributed by atoms with E-state index in [9.17, 15) is 14.8 Å². The van der Waals surface area contributed by atoms with Gasteiger partial charge >= 0.3 is 5.69 Å². The fourth-order valence-electron chi connectivity index (χ4n) is 1.83. The van der Waals surface area contributed by atoms with Crippen molar-refractivity contribution in [2.24, 2.45) is 7.05 Å². The lowest BCUT2D eigenvalue weighted by atomic mass is 10.2. The quantitative estimate of drug-likeness (QED) is 0.633. The molecule has 2 aromatic rings. The number of ether oxygens (including phenoxy) is 2. The summed E-state index contributed by atoms with van der Waals surface area (Å²) in [4.78, 5) is 23.2. The highest BCUT2D eigenvalue weighted by atomic mass is 16.7. The third kappa shape index (κ3) is 1.16. The van der Waals surface area contributed by atoms with Crippen LogP contribution in [0.2, 0.25) is 0 Å². The van der Waals surface area contributed by atoms with E-state index in [1.54, 1.807) is 6.07 Å².